The van der Waals surface area contributed by atoms with Crippen LogP contribution in [0.5, 0.6) is 0 Å². The third kappa shape index (κ3) is 3.51. The Balaban J connectivity index is 1.96. The van der Waals surface area contributed by atoms with Crippen LogP contribution in [0.4, 0.5) is 0 Å². The molecule has 0 spiro atoms. The molecular weight excluding hydrogens is 138 g/mol. The van der Waals surface area contributed by atoms with Crippen molar-refractivity contribution in [3.05, 3.63) is 0 Å². The molecule has 0 aliphatic heterocycles. The lowest BCUT2D eigenvalue weighted by Gasteiger charge is -2.02. The lowest BCUT2D eigenvalue weighted by Crippen LogP contribution is -2.26. The fourth-order valence-corrected chi connectivity index (χ4v) is 1.20. The molecule has 64 valence electrons. The van der Waals surface area contributed by atoms with Crippen molar-refractivity contribution in [2.24, 2.45) is 11.7 Å². The van der Waals surface area contributed by atoms with Crippen molar-refractivity contribution >= 4 is 5.78 Å². The van der Waals surface area contributed by atoms with Gasteiger partial charge in [0, 0.05) is 6.42 Å². The van der Waals surface area contributed by atoms with Gasteiger partial charge in [0.15, 0.2) is 0 Å². The van der Waals surface area contributed by atoms with E-state index >= 15 is 0 Å². The van der Waals surface area contributed by atoms with Crippen LogP contribution in [0.3, 0.4) is 0 Å². The van der Waals surface area contributed by atoms with Crippen LogP contribution >= 0.6 is 0 Å². The predicted molar refractivity (Wildman–Crippen MR) is 45.2 cm³/mol. The van der Waals surface area contributed by atoms with Crippen LogP contribution in [-0.2, 0) is 4.79 Å². The van der Waals surface area contributed by atoms with Crippen molar-refractivity contribution in [3.63, 3.8) is 0 Å². The van der Waals surface area contributed by atoms with Crippen LogP contribution in [-0.4, -0.2) is 11.8 Å². The minimum absolute atomic E-state index is 0.214. The van der Waals surface area contributed by atoms with E-state index in [-0.39, 0.29) is 11.8 Å². The zero-order valence-electron chi connectivity index (χ0n) is 7.18. The lowest BCUT2D eigenvalue weighted by molar-refractivity contribution is -0.120. The monoisotopic (exact) mass is 155 g/mol. The van der Waals surface area contributed by atoms with Gasteiger partial charge in [-0.3, -0.25) is 4.79 Å². The van der Waals surface area contributed by atoms with Gasteiger partial charge in [0.05, 0.1) is 6.04 Å². The number of hydrogen-bond acceptors (Lipinski definition) is 2. The molecule has 0 heterocycles. The number of Topliss-reactive ketones (excluding diaryl/α,β-unsaturated/α-hetero) is 1. The molecule has 0 aromatic carbocycles. The van der Waals surface area contributed by atoms with E-state index in [1.54, 1.807) is 6.92 Å². The Labute approximate surface area is 68.2 Å². The fraction of sp³-hybridized carbons (Fsp3) is 0.889. The second kappa shape index (κ2) is 3.86. The number of hydrogen-bond donors (Lipinski definition) is 1. The Morgan fingerprint density at radius 1 is 1.64 bits per heavy atom. The zero-order chi connectivity index (χ0) is 8.27. The number of carbonyl (C=O) groups is 1. The average Bonchev–Trinajstić information content (AvgIpc) is 2.71. The molecular formula is C9H17NO. The molecule has 0 bridgehead atoms. The van der Waals surface area contributed by atoms with Crippen molar-refractivity contribution < 1.29 is 4.79 Å². The highest BCUT2D eigenvalue weighted by molar-refractivity contribution is 5.83. The Kier molecular flexibility index (Phi) is 3.06. The molecule has 1 rings (SSSR count). The van der Waals surface area contributed by atoms with Crippen LogP contribution in [0, 0.1) is 5.92 Å². The molecule has 0 amide bonds. The van der Waals surface area contributed by atoms with Crippen molar-refractivity contribution in [1.29, 1.82) is 0 Å². The van der Waals surface area contributed by atoms with Crippen LogP contribution < -0.4 is 5.73 Å². The first-order chi connectivity index (χ1) is 5.20. The van der Waals surface area contributed by atoms with Gasteiger partial charge < -0.3 is 5.73 Å². The first kappa shape index (κ1) is 8.72. The third-order valence-corrected chi connectivity index (χ3v) is 2.24. The summed E-state index contributed by atoms with van der Waals surface area (Å²) in [7, 11) is 0. The topological polar surface area (TPSA) is 43.1 Å². The molecule has 1 fully saturated rings. The smallest absolute Gasteiger partial charge is 0.149 e. The van der Waals surface area contributed by atoms with E-state index < -0.39 is 0 Å². The van der Waals surface area contributed by atoms with Gasteiger partial charge in [0.2, 0.25) is 0 Å². The van der Waals surface area contributed by atoms with E-state index in [2.05, 4.69) is 0 Å². The predicted octanol–water partition coefficient (Wildman–Crippen LogP) is 1.48. The molecule has 0 aromatic rings. The van der Waals surface area contributed by atoms with E-state index in [1.165, 1.54) is 19.3 Å². The van der Waals surface area contributed by atoms with Crippen LogP contribution in [0.25, 0.3) is 0 Å². The maximum absolute atomic E-state index is 11.0. The summed E-state index contributed by atoms with van der Waals surface area (Å²) in [6.45, 7) is 1.76. The average molecular weight is 155 g/mol. The largest absolute Gasteiger partial charge is 0.322 e. The summed E-state index contributed by atoms with van der Waals surface area (Å²) >= 11 is 0. The van der Waals surface area contributed by atoms with Gasteiger partial charge in [-0.25, -0.2) is 0 Å². The highest BCUT2D eigenvalue weighted by atomic mass is 16.1. The molecule has 11 heavy (non-hydrogen) atoms. The van der Waals surface area contributed by atoms with Crippen molar-refractivity contribution in [2.75, 3.05) is 0 Å². The van der Waals surface area contributed by atoms with Crippen molar-refractivity contribution in [1.82, 2.24) is 0 Å². The molecule has 0 aromatic heterocycles. The second-order valence-electron chi connectivity index (χ2n) is 3.59. The number of ketones is 1. The molecule has 1 atom stereocenters. The summed E-state index contributed by atoms with van der Waals surface area (Å²) < 4.78 is 0. The van der Waals surface area contributed by atoms with Gasteiger partial charge >= 0.3 is 0 Å². The van der Waals surface area contributed by atoms with Gasteiger partial charge in [0.25, 0.3) is 0 Å². The molecule has 1 unspecified atom stereocenters. The summed E-state index contributed by atoms with van der Waals surface area (Å²) in [6, 6.07) is -0.255. The Morgan fingerprint density at radius 2 is 2.27 bits per heavy atom. The summed E-state index contributed by atoms with van der Waals surface area (Å²) in [6.07, 6.45) is 5.73. The zero-order valence-corrected chi connectivity index (χ0v) is 7.18. The van der Waals surface area contributed by atoms with Gasteiger partial charge in [0.1, 0.15) is 5.78 Å². The molecule has 1 aliphatic carbocycles. The van der Waals surface area contributed by atoms with Gasteiger partial charge in [-0.05, 0) is 19.3 Å². The summed E-state index contributed by atoms with van der Waals surface area (Å²) in [4.78, 5) is 11.0. The van der Waals surface area contributed by atoms with E-state index in [0.29, 0.717) is 6.42 Å². The van der Waals surface area contributed by atoms with Gasteiger partial charge in [-0.15, -0.1) is 0 Å². The van der Waals surface area contributed by atoms with Gasteiger partial charge in [-0.1, -0.05) is 19.3 Å². The normalized spacial score (nSPS) is 19.8. The molecule has 2 heteroatoms. The van der Waals surface area contributed by atoms with Gasteiger partial charge in [-0.2, -0.15) is 0 Å². The summed E-state index contributed by atoms with van der Waals surface area (Å²) in [5, 5.41) is 0. The van der Waals surface area contributed by atoms with E-state index in [0.717, 1.165) is 12.3 Å². The number of carbonyl (C=O) groups excluding carboxylic acids is 1. The second-order valence-corrected chi connectivity index (χ2v) is 3.59. The minimum atomic E-state index is -0.255. The van der Waals surface area contributed by atoms with E-state index in [4.69, 9.17) is 5.73 Å². The molecule has 1 aliphatic rings. The first-order valence-electron chi connectivity index (χ1n) is 4.48. The standard InChI is InChI=1S/C9H17NO/c1-7(10)9(11)4-2-3-8-5-6-8/h7-8H,2-6,10H2,1H3. The molecule has 0 saturated heterocycles. The lowest BCUT2D eigenvalue weighted by atomic mass is 10.1. The maximum Gasteiger partial charge on any atom is 0.149 e. The minimum Gasteiger partial charge on any atom is -0.322 e. The van der Waals surface area contributed by atoms with E-state index in [1.807, 2.05) is 0 Å². The SMILES string of the molecule is CC(N)C(=O)CCCC1CC1. The van der Waals surface area contributed by atoms with E-state index in [9.17, 15) is 4.79 Å². The Morgan fingerprint density at radius 3 is 2.73 bits per heavy atom. The highest BCUT2D eigenvalue weighted by Gasteiger charge is 2.20. The summed E-state index contributed by atoms with van der Waals surface area (Å²) in [5.74, 6) is 1.15. The molecule has 2 nitrogen and oxygen atoms in total. The van der Waals surface area contributed by atoms with Crippen LogP contribution in [0.15, 0.2) is 0 Å². The Bertz CT molecular complexity index is 138. The quantitative estimate of drug-likeness (QED) is 0.653. The van der Waals surface area contributed by atoms with Crippen molar-refractivity contribution in [3.8, 4) is 0 Å². The Hall–Kier alpha value is -0.370. The fourth-order valence-electron chi connectivity index (χ4n) is 1.20. The number of nitrogens with two attached hydrogens (primary N) is 1. The third-order valence-electron chi connectivity index (χ3n) is 2.24. The summed E-state index contributed by atoms with van der Waals surface area (Å²) in [5.41, 5.74) is 5.42. The first-order valence-corrected chi connectivity index (χ1v) is 4.48. The van der Waals surface area contributed by atoms with Crippen molar-refractivity contribution in [2.45, 2.75) is 45.1 Å². The van der Waals surface area contributed by atoms with Crippen LogP contribution in [0.2, 0.25) is 0 Å². The molecule has 2 N–H and O–H groups in total. The number of rotatable bonds is 5. The molecule has 0 radical (unpaired) electrons. The highest BCUT2D eigenvalue weighted by Crippen LogP contribution is 2.33. The van der Waals surface area contributed by atoms with Crippen LogP contribution in [0.1, 0.15) is 39.0 Å². The molecule has 1 saturated carbocycles. The maximum atomic E-state index is 11.0.